The highest BCUT2D eigenvalue weighted by Gasteiger charge is 2.35. The Labute approximate surface area is 186 Å². The Kier molecular flexibility index (Phi) is 6.49. The summed E-state index contributed by atoms with van der Waals surface area (Å²) in [5.41, 5.74) is 1.69. The standard InChI is InChI=1S/C24H25N3O5/c28-21(12-15-27-22(29)19-8-4-5-9-20(19)23(27)30)25-18-10-13-26(14-11-18)24(31)32-16-17-6-2-1-3-7-17/h1-9,18H,10-16H2,(H,25,28). The topological polar surface area (TPSA) is 96.0 Å². The zero-order chi connectivity index (χ0) is 22.5. The smallest absolute Gasteiger partial charge is 0.410 e. The third-order valence-corrected chi connectivity index (χ3v) is 5.76. The number of likely N-dealkylation sites (tertiary alicyclic amines) is 1. The molecule has 166 valence electrons. The van der Waals surface area contributed by atoms with Crippen LogP contribution >= 0.6 is 0 Å². The minimum Gasteiger partial charge on any atom is -0.445 e. The molecule has 8 nitrogen and oxygen atoms in total. The van der Waals surface area contributed by atoms with E-state index in [0.29, 0.717) is 37.1 Å². The van der Waals surface area contributed by atoms with Crippen LogP contribution in [-0.2, 0) is 16.1 Å². The summed E-state index contributed by atoms with van der Waals surface area (Å²) in [6, 6.07) is 16.1. The van der Waals surface area contributed by atoms with Crippen molar-refractivity contribution in [2.45, 2.75) is 31.9 Å². The third-order valence-electron chi connectivity index (χ3n) is 5.76. The number of hydrogen-bond acceptors (Lipinski definition) is 5. The normalized spacial score (nSPS) is 16.1. The van der Waals surface area contributed by atoms with Gasteiger partial charge in [-0.3, -0.25) is 19.3 Å². The van der Waals surface area contributed by atoms with Gasteiger partial charge >= 0.3 is 6.09 Å². The number of hydrogen-bond donors (Lipinski definition) is 1. The molecule has 2 aromatic carbocycles. The molecule has 0 bridgehead atoms. The van der Waals surface area contributed by atoms with Gasteiger partial charge in [-0.25, -0.2) is 4.79 Å². The van der Waals surface area contributed by atoms with Gasteiger partial charge in [0.2, 0.25) is 5.91 Å². The van der Waals surface area contributed by atoms with Gasteiger partial charge in [-0.15, -0.1) is 0 Å². The number of carbonyl (C=O) groups excluding carboxylic acids is 4. The molecule has 0 aromatic heterocycles. The van der Waals surface area contributed by atoms with Crippen molar-refractivity contribution in [3.05, 3.63) is 71.3 Å². The Morgan fingerprint density at radius 3 is 2.12 bits per heavy atom. The number of fused-ring (bicyclic) bond motifs is 1. The first kappa shape index (κ1) is 21.5. The van der Waals surface area contributed by atoms with Crippen molar-refractivity contribution in [3.63, 3.8) is 0 Å². The van der Waals surface area contributed by atoms with E-state index in [1.54, 1.807) is 29.2 Å². The molecular formula is C24H25N3O5. The van der Waals surface area contributed by atoms with E-state index in [4.69, 9.17) is 4.74 Å². The summed E-state index contributed by atoms with van der Waals surface area (Å²) >= 11 is 0. The van der Waals surface area contributed by atoms with Crippen LogP contribution in [0.3, 0.4) is 0 Å². The van der Waals surface area contributed by atoms with E-state index in [1.807, 2.05) is 30.3 Å². The zero-order valence-corrected chi connectivity index (χ0v) is 17.7. The molecule has 0 saturated carbocycles. The molecule has 8 heteroatoms. The molecular weight excluding hydrogens is 410 g/mol. The van der Waals surface area contributed by atoms with Crippen molar-refractivity contribution < 1.29 is 23.9 Å². The van der Waals surface area contributed by atoms with E-state index in [9.17, 15) is 19.2 Å². The van der Waals surface area contributed by atoms with Crippen LogP contribution in [0, 0.1) is 0 Å². The van der Waals surface area contributed by atoms with Gasteiger partial charge in [-0.1, -0.05) is 42.5 Å². The molecule has 1 N–H and O–H groups in total. The molecule has 2 aliphatic rings. The number of ether oxygens (including phenoxy) is 1. The second kappa shape index (κ2) is 9.64. The third kappa shape index (κ3) is 4.80. The van der Waals surface area contributed by atoms with Gasteiger partial charge in [0.05, 0.1) is 11.1 Å². The molecule has 0 spiro atoms. The molecule has 1 saturated heterocycles. The van der Waals surface area contributed by atoms with Crippen molar-refractivity contribution in [2.75, 3.05) is 19.6 Å². The highest BCUT2D eigenvalue weighted by atomic mass is 16.6. The molecule has 2 aromatic rings. The number of carbonyl (C=O) groups is 4. The van der Waals surface area contributed by atoms with Gasteiger partial charge in [0.15, 0.2) is 0 Å². The largest absolute Gasteiger partial charge is 0.445 e. The Morgan fingerprint density at radius 2 is 1.50 bits per heavy atom. The molecule has 0 atom stereocenters. The van der Waals surface area contributed by atoms with Gasteiger partial charge in [0.25, 0.3) is 11.8 Å². The Bertz CT molecular complexity index is 980. The minimum atomic E-state index is -0.360. The molecule has 0 radical (unpaired) electrons. The van der Waals surface area contributed by atoms with Crippen LogP contribution < -0.4 is 5.32 Å². The SMILES string of the molecule is O=C(CCN1C(=O)c2ccccc2C1=O)NC1CCN(C(=O)OCc2ccccc2)CC1. The molecule has 0 unspecified atom stereocenters. The fourth-order valence-electron chi connectivity index (χ4n) is 3.97. The van der Waals surface area contributed by atoms with E-state index < -0.39 is 0 Å². The average molecular weight is 435 g/mol. The predicted octanol–water partition coefficient (Wildman–Crippen LogP) is 2.59. The van der Waals surface area contributed by atoms with Crippen LogP contribution in [0.5, 0.6) is 0 Å². The first-order chi connectivity index (χ1) is 15.5. The Hall–Kier alpha value is -3.68. The first-order valence-electron chi connectivity index (χ1n) is 10.7. The Balaban J connectivity index is 1.18. The maximum Gasteiger partial charge on any atom is 0.410 e. The van der Waals surface area contributed by atoms with E-state index in [2.05, 4.69) is 5.32 Å². The van der Waals surface area contributed by atoms with Gasteiger partial charge in [-0.2, -0.15) is 0 Å². The number of benzene rings is 2. The molecule has 4 rings (SSSR count). The first-order valence-corrected chi connectivity index (χ1v) is 10.7. The fraction of sp³-hybridized carbons (Fsp3) is 0.333. The molecule has 1 fully saturated rings. The lowest BCUT2D eigenvalue weighted by Gasteiger charge is -2.31. The van der Waals surface area contributed by atoms with Crippen molar-refractivity contribution in [2.24, 2.45) is 0 Å². The number of imide groups is 1. The minimum absolute atomic E-state index is 0.0445. The van der Waals surface area contributed by atoms with Crippen LogP contribution in [0.25, 0.3) is 0 Å². The monoisotopic (exact) mass is 435 g/mol. The van der Waals surface area contributed by atoms with Crippen molar-refractivity contribution in [1.29, 1.82) is 0 Å². The summed E-state index contributed by atoms with van der Waals surface area (Å²) in [6.07, 6.45) is 0.938. The summed E-state index contributed by atoms with van der Waals surface area (Å²) in [6.45, 7) is 1.27. The lowest BCUT2D eigenvalue weighted by atomic mass is 10.1. The van der Waals surface area contributed by atoms with Crippen LogP contribution in [0.4, 0.5) is 4.79 Å². The maximum absolute atomic E-state index is 12.4. The average Bonchev–Trinajstić information content (AvgIpc) is 3.07. The van der Waals surface area contributed by atoms with Crippen LogP contribution in [0.1, 0.15) is 45.5 Å². The fourth-order valence-corrected chi connectivity index (χ4v) is 3.97. The van der Waals surface area contributed by atoms with Crippen LogP contribution in [0.15, 0.2) is 54.6 Å². The van der Waals surface area contributed by atoms with Gasteiger partial charge in [0.1, 0.15) is 6.61 Å². The van der Waals surface area contributed by atoms with Crippen LogP contribution in [-0.4, -0.2) is 59.3 Å². The lowest BCUT2D eigenvalue weighted by Crippen LogP contribution is -2.47. The second-order valence-corrected chi connectivity index (χ2v) is 7.93. The van der Waals surface area contributed by atoms with Crippen molar-refractivity contribution in [3.8, 4) is 0 Å². The number of piperidine rings is 1. The quantitative estimate of drug-likeness (QED) is 0.704. The second-order valence-electron chi connectivity index (χ2n) is 7.93. The van der Waals surface area contributed by atoms with Crippen molar-refractivity contribution >= 4 is 23.8 Å². The Morgan fingerprint density at radius 1 is 0.906 bits per heavy atom. The molecule has 32 heavy (non-hydrogen) atoms. The van der Waals surface area contributed by atoms with Crippen LogP contribution in [0.2, 0.25) is 0 Å². The van der Waals surface area contributed by atoms with E-state index in [1.165, 1.54) is 0 Å². The zero-order valence-electron chi connectivity index (χ0n) is 17.7. The van der Waals surface area contributed by atoms with Crippen molar-refractivity contribution in [1.82, 2.24) is 15.1 Å². The molecule has 2 heterocycles. The van der Waals surface area contributed by atoms with Gasteiger partial charge in [-0.05, 0) is 30.5 Å². The van der Waals surface area contributed by atoms with E-state index >= 15 is 0 Å². The predicted molar refractivity (Wildman–Crippen MR) is 116 cm³/mol. The lowest BCUT2D eigenvalue weighted by molar-refractivity contribution is -0.122. The van der Waals surface area contributed by atoms with Gasteiger partial charge < -0.3 is 15.0 Å². The number of amides is 4. The highest BCUT2D eigenvalue weighted by Crippen LogP contribution is 2.22. The number of rotatable bonds is 6. The summed E-state index contributed by atoms with van der Waals surface area (Å²) in [7, 11) is 0. The summed E-state index contributed by atoms with van der Waals surface area (Å²) in [5, 5.41) is 2.94. The number of nitrogens with one attached hydrogen (secondary N) is 1. The summed E-state index contributed by atoms with van der Waals surface area (Å²) in [5.74, 6) is -0.937. The molecule has 2 aliphatic heterocycles. The molecule has 0 aliphatic carbocycles. The number of nitrogens with zero attached hydrogens (tertiary/aromatic N) is 2. The summed E-state index contributed by atoms with van der Waals surface area (Å²) < 4.78 is 5.36. The van der Waals surface area contributed by atoms with E-state index in [0.717, 1.165) is 10.5 Å². The highest BCUT2D eigenvalue weighted by molar-refractivity contribution is 6.21. The van der Waals surface area contributed by atoms with E-state index in [-0.39, 0.29) is 49.4 Å². The van der Waals surface area contributed by atoms with Gasteiger partial charge in [0, 0.05) is 32.1 Å². The molecule has 4 amide bonds. The summed E-state index contributed by atoms with van der Waals surface area (Å²) in [4.78, 5) is 52.1. The maximum atomic E-state index is 12.4.